The molecular weight excluding hydrogens is 760 g/mol. The molecule has 2 amide bonds. The molecule has 0 bridgehead atoms. The number of hydrogen-bond acceptors (Lipinski definition) is 8. The Morgan fingerprint density at radius 2 is 1.51 bits per heavy atom. The summed E-state index contributed by atoms with van der Waals surface area (Å²) < 4.78 is 11.7. The van der Waals surface area contributed by atoms with Crippen LogP contribution in [0, 0.1) is 23.7 Å². The second-order valence-electron chi connectivity index (χ2n) is 15.0. The molecule has 2 aliphatic heterocycles. The van der Waals surface area contributed by atoms with Gasteiger partial charge in [0.05, 0.1) is 43.3 Å². The zero-order valence-corrected chi connectivity index (χ0v) is 31.8. The summed E-state index contributed by atoms with van der Waals surface area (Å²) in [5.74, 6) is -4.81. The molecule has 9 rings (SSSR count). The minimum Gasteiger partial charge on any atom is -0.504 e. The van der Waals surface area contributed by atoms with Gasteiger partial charge in [-0.15, -0.1) is 0 Å². The number of amides is 2. The summed E-state index contributed by atoms with van der Waals surface area (Å²) in [6, 6.07) is 29.4. The number of carbonyl (C=O) groups is 4. The van der Waals surface area contributed by atoms with Crippen LogP contribution >= 0.6 is 15.9 Å². The molecule has 6 atom stereocenters. The minimum absolute atomic E-state index is 0.151. The van der Waals surface area contributed by atoms with Crippen LogP contribution in [0.5, 0.6) is 11.5 Å². The monoisotopic (exact) mass is 798 g/mol. The van der Waals surface area contributed by atoms with Crippen molar-refractivity contribution in [1.29, 1.82) is 0 Å². The first-order valence-electron chi connectivity index (χ1n) is 18.7. The van der Waals surface area contributed by atoms with Crippen LogP contribution in [-0.2, 0) is 29.3 Å². The Hall–Kier alpha value is -5.32. The van der Waals surface area contributed by atoms with Crippen LogP contribution in [0.25, 0.3) is 5.57 Å². The fraction of sp³-hybridized carbons (Fsp3) is 0.289. The molecule has 55 heavy (non-hydrogen) atoms. The third kappa shape index (κ3) is 5.44. The zero-order valence-electron chi connectivity index (χ0n) is 30.2. The van der Waals surface area contributed by atoms with Crippen molar-refractivity contribution in [3.05, 3.63) is 136 Å². The van der Waals surface area contributed by atoms with Gasteiger partial charge in [-0.3, -0.25) is 24.1 Å². The maximum Gasteiger partial charge on any atom is 0.238 e. The van der Waals surface area contributed by atoms with Gasteiger partial charge < -0.3 is 19.5 Å². The number of benzene rings is 4. The molecule has 2 saturated heterocycles. The number of ether oxygens (including phenoxy) is 2. The van der Waals surface area contributed by atoms with Crippen LogP contribution in [0.2, 0.25) is 0 Å². The number of phenolic OH excluding ortho intramolecular Hbond substituents is 1. The average Bonchev–Trinajstić information content (AvgIpc) is 3.48. The lowest BCUT2D eigenvalue weighted by atomic mass is 9.44. The lowest BCUT2D eigenvalue weighted by Crippen LogP contribution is -2.58. The normalized spacial score (nSPS) is 27.6. The Morgan fingerprint density at radius 3 is 2.20 bits per heavy atom. The van der Waals surface area contributed by atoms with Crippen molar-refractivity contribution in [3.63, 3.8) is 0 Å². The fourth-order valence-electron chi connectivity index (χ4n) is 10.1. The van der Waals surface area contributed by atoms with Crippen molar-refractivity contribution in [2.24, 2.45) is 23.7 Å². The molecule has 1 saturated carbocycles. The number of anilines is 2. The van der Waals surface area contributed by atoms with E-state index in [0.717, 1.165) is 24.4 Å². The summed E-state index contributed by atoms with van der Waals surface area (Å²) in [6.07, 6.45) is 3.91. The van der Waals surface area contributed by atoms with Crippen LogP contribution < -0.4 is 14.5 Å². The summed E-state index contributed by atoms with van der Waals surface area (Å²) in [4.78, 5) is 63.1. The zero-order chi connectivity index (χ0) is 38.0. The maximum absolute atomic E-state index is 15.3. The molecule has 1 N–H and O–H groups in total. The number of nitrogens with zero attached hydrogens (tertiary/aromatic N) is 2. The van der Waals surface area contributed by atoms with Gasteiger partial charge >= 0.3 is 0 Å². The number of aromatic hydroxyl groups is 1. The maximum atomic E-state index is 15.3. The number of allylic oxidation sites excluding steroid dienone is 4. The van der Waals surface area contributed by atoms with Crippen molar-refractivity contribution in [3.8, 4) is 11.5 Å². The predicted octanol–water partition coefficient (Wildman–Crippen LogP) is 7.03. The van der Waals surface area contributed by atoms with Crippen molar-refractivity contribution >= 4 is 56.3 Å². The van der Waals surface area contributed by atoms with E-state index in [2.05, 4.69) is 20.8 Å². The first kappa shape index (κ1) is 35.4. The standard InChI is InChI=1S/C45H39BrN2O7/c1-54-37-23-28(46)22-35(42(37)51)40-31-16-17-32-39(44(53)48(43(32)52)30-14-12-29(13-15-30)47-18-20-55-21-19-47)34(31)24-36-41(50)33(26-8-4-2-5-9-26)25-38(49)45(36,40)27-10-6-3-7-11-27/h2-16,22-23,25,32,34,36,39-40,51H,17-21,24H2,1H3/t32-,34+,36-,39-,40+,45-/m0/s1. The van der Waals surface area contributed by atoms with E-state index in [1.807, 2.05) is 91.0 Å². The molecule has 2 heterocycles. The van der Waals surface area contributed by atoms with E-state index in [9.17, 15) is 14.7 Å². The molecule has 3 fully saturated rings. The fourth-order valence-corrected chi connectivity index (χ4v) is 10.5. The SMILES string of the molecule is COc1cc(Br)cc([C@H]2C3=CC[C@@H]4C(=O)N(c5ccc(N6CCOCC6)cc5)C(=O)[C@@H]4[C@@H]3C[C@H]3C(=O)C(c4ccccc4)=CC(=O)[C@@]23c2ccccc2)c1O. The highest BCUT2D eigenvalue weighted by Gasteiger charge is 2.66. The van der Waals surface area contributed by atoms with Crippen LogP contribution in [0.3, 0.4) is 0 Å². The Balaban J connectivity index is 1.21. The molecule has 4 aromatic carbocycles. The number of carbonyl (C=O) groups excluding carboxylic acids is 4. The van der Waals surface area contributed by atoms with E-state index in [0.29, 0.717) is 45.6 Å². The van der Waals surface area contributed by atoms with Crippen molar-refractivity contribution in [1.82, 2.24) is 0 Å². The Morgan fingerprint density at radius 1 is 0.836 bits per heavy atom. The Labute approximate surface area is 327 Å². The van der Waals surface area contributed by atoms with Gasteiger partial charge in [-0.05, 0) is 72.4 Å². The number of methoxy groups -OCH3 is 1. The summed E-state index contributed by atoms with van der Waals surface area (Å²) in [7, 11) is 1.46. The number of fused-ring (bicyclic) bond motifs is 4. The molecule has 278 valence electrons. The quantitative estimate of drug-likeness (QED) is 0.164. The third-order valence-corrected chi connectivity index (χ3v) is 12.9. The highest BCUT2D eigenvalue weighted by molar-refractivity contribution is 9.10. The first-order chi connectivity index (χ1) is 26.7. The molecule has 4 aromatic rings. The topological polar surface area (TPSA) is 113 Å². The van der Waals surface area contributed by atoms with E-state index in [-0.39, 0.29) is 47.7 Å². The smallest absolute Gasteiger partial charge is 0.238 e. The van der Waals surface area contributed by atoms with E-state index < -0.39 is 35.0 Å². The van der Waals surface area contributed by atoms with Gasteiger partial charge in [0.15, 0.2) is 23.1 Å². The molecule has 3 aliphatic carbocycles. The minimum atomic E-state index is -1.48. The van der Waals surface area contributed by atoms with Crippen molar-refractivity contribution < 1.29 is 33.8 Å². The summed E-state index contributed by atoms with van der Waals surface area (Å²) in [5.41, 5.74) is 2.77. The lowest BCUT2D eigenvalue weighted by molar-refractivity contribution is -0.135. The molecular formula is C45H39BrN2O7. The van der Waals surface area contributed by atoms with Crippen LogP contribution in [-0.4, -0.2) is 61.9 Å². The van der Waals surface area contributed by atoms with Gasteiger partial charge in [-0.25, -0.2) is 0 Å². The first-order valence-corrected chi connectivity index (χ1v) is 19.5. The van der Waals surface area contributed by atoms with E-state index in [1.54, 1.807) is 12.1 Å². The van der Waals surface area contributed by atoms with Gasteiger partial charge in [0.2, 0.25) is 11.8 Å². The number of Topliss-reactive ketones (excluding diaryl/α,β-unsaturated/α-hetero) is 1. The number of phenols is 1. The number of morpholine rings is 1. The van der Waals surface area contributed by atoms with Gasteiger partial charge in [0.1, 0.15) is 0 Å². The third-order valence-electron chi connectivity index (χ3n) is 12.5. The highest BCUT2D eigenvalue weighted by Crippen LogP contribution is 2.65. The molecule has 5 aliphatic rings. The van der Waals surface area contributed by atoms with E-state index >= 15 is 9.59 Å². The molecule has 0 radical (unpaired) electrons. The molecule has 0 aromatic heterocycles. The summed E-state index contributed by atoms with van der Waals surface area (Å²) >= 11 is 3.61. The number of halogens is 1. The highest BCUT2D eigenvalue weighted by atomic mass is 79.9. The van der Waals surface area contributed by atoms with Crippen LogP contribution in [0.1, 0.15) is 35.4 Å². The number of ketones is 2. The Bertz CT molecular complexity index is 2280. The van der Waals surface area contributed by atoms with Gasteiger partial charge in [-0.2, -0.15) is 0 Å². The van der Waals surface area contributed by atoms with Crippen LogP contribution in [0.15, 0.2) is 119 Å². The van der Waals surface area contributed by atoms with Gasteiger partial charge in [0, 0.05) is 46.2 Å². The molecule has 10 heteroatoms. The number of hydrogen-bond donors (Lipinski definition) is 1. The van der Waals surface area contributed by atoms with Crippen molar-refractivity contribution in [2.75, 3.05) is 43.2 Å². The molecule has 9 nitrogen and oxygen atoms in total. The average molecular weight is 800 g/mol. The molecule has 0 spiro atoms. The van der Waals surface area contributed by atoms with E-state index in [4.69, 9.17) is 9.47 Å². The summed E-state index contributed by atoms with van der Waals surface area (Å²) in [5, 5.41) is 12.0. The second-order valence-corrected chi connectivity index (χ2v) is 15.9. The number of rotatable bonds is 6. The van der Waals surface area contributed by atoms with Crippen LogP contribution in [0.4, 0.5) is 11.4 Å². The number of imide groups is 1. The second kappa shape index (κ2) is 13.8. The predicted molar refractivity (Wildman–Crippen MR) is 211 cm³/mol. The van der Waals surface area contributed by atoms with Gasteiger partial charge in [-0.1, -0.05) is 88.2 Å². The molecule has 0 unspecified atom stereocenters. The lowest BCUT2D eigenvalue weighted by Gasteiger charge is -2.55. The van der Waals surface area contributed by atoms with E-state index in [1.165, 1.54) is 18.1 Å². The summed E-state index contributed by atoms with van der Waals surface area (Å²) in [6.45, 7) is 2.80. The Kier molecular flexibility index (Phi) is 8.85. The van der Waals surface area contributed by atoms with Crippen molar-refractivity contribution in [2.45, 2.75) is 24.2 Å². The largest absolute Gasteiger partial charge is 0.504 e. The van der Waals surface area contributed by atoms with Gasteiger partial charge in [0.25, 0.3) is 0 Å².